The summed E-state index contributed by atoms with van der Waals surface area (Å²) in [5.41, 5.74) is 0. The summed E-state index contributed by atoms with van der Waals surface area (Å²) < 4.78 is 22.3. The number of unbranched alkanes of at least 4 members (excludes halogenated alkanes) is 7. The van der Waals surface area contributed by atoms with Gasteiger partial charge < -0.3 is 65.1 Å². The maximum absolute atomic E-state index is 12.7. The molecule has 2 saturated heterocycles. The third kappa shape index (κ3) is 11.8. The maximum Gasteiger partial charge on any atom is 0.220 e. The number of carbonyl (C=O) groups excluding carboxylic acids is 1. The molecular weight excluding hydrogens is 582 g/mol. The Morgan fingerprint density at radius 3 is 2.07 bits per heavy atom. The van der Waals surface area contributed by atoms with Crippen LogP contribution in [0.5, 0.6) is 0 Å². The van der Waals surface area contributed by atoms with Gasteiger partial charge in [-0.15, -0.1) is 0 Å². The number of ether oxygens (including phenoxy) is 4. The molecule has 2 heterocycles. The molecule has 0 bridgehead atoms. The van der Waals surface area contributed by atoms with E-state index >= 15 is 0 Å². The molecule has 44 heavy (non-hydrogen) atoms. The highest BCUT2D eigenvalue weighted by atomic mass is 16.7. The van der Waals surface area contributed by atoms with Gasteiger partial charge in [0.05, 0.1) is 32.0 Å². The van der Waals surface area contributed by atoms with Gasteiger partial charge in [-0.3, -0.25) is 4.79 Å². The van der Waals surface area contributed by atoms with Gasteiger partial charge in [0.15, 0.2) is 12.6 Å². The second-order valence-corrected chi connectivity index (χ2v) is 11.6. The number of aliphatic hydroxyl groups excluding tert-OH is 8. The number of hydrogen-bond acceptors (Lipinski definition) is 13. The smallest absolute Gasteiger partial charge is 0.220 e. The molecule has 0 aliphatic carbocycles. The van der Waals surface area contributed by atoms with Crippen molar-refractivity contribution in [1.82, 2.24) is 5.32 Å². The first-order valence-corrected chi connectivity index (χ1v) is 15.9. The Morgan fingerprint density at radius 2 is 1.41 bits per heavy atom. The molecule has 0 radical (unpaired) electrons. The minimum Gasteiger partial charge on any atom is -0.394 e. The molecule has 0 saturated carbocycles. The van der Waals surface area contributed by atoms with Crippen LogP contribution in [0.15, 0.2) is 12.2 Å². The van der Waals surface area contributed by atoms with Crippen molar-refractivity contribution in [3.8, 4) is 0 Å². The van der Waals surface area contributed by atoms with Crippen molar-refractivity contribution < 1.29 is 64.6 Å². The lowest BCUT2D eigenvalue weighted by Crippen LogP contribution is -2.65. The first-order chi connectivity index (χ1) is 21.1. The highest BCUT2D eigenvalue weighted by molar-refractivity contribution is 5.76. The lowest BCUT2D eigenvalue weighted by molar-refractivity contribution is -0.359. The van der Waals surface area contributed by atoms with E-state index in [-0.39, 0.29) is 18.9 Å². The van der Waals surface area contributed by atoms with E-state index in [2.05, 4.69) is 19.2 Å². The predicted octanol–water partition coefficient (Wildman–Crippen LogP) is -1.03. The molecule has 0 aromatic carbocycles. The van der Waals surface area contributed by atoms with Crippen LogP contribution >= 0.6 is 0 Å². The summed E-state index contributed by atoms with van der Waals surface area (Å²) in [7, 11) is 0. The van der Waals surface area contributed by atoms with Crippen molar-refractivity contribution in [2.75, 3.05) is 19.8 Å². The summed E-state index contributed by atoms with van der Waals surface area (Å²) in [5, 5.41) is 85.0. The fourth-order valence-corrected chi connectivity index (χ4v) is 5.17. The minimum absolute atomic E-state index is 0.264. The molecule has 9 N–H and O–H groups in total. The monoisotopic (exact) mass is 637 g/mol. The molecule has 258 valence electrons. The standard InChI is InChI=1S/C30H55NO13/c1-3-5-7-9-11-13-19(34)18(31-22(35)14-12-10-8-6-4-2)17-41-29-27(40)25(38)28(21(16-33)43-29)44-30-26(39)24(37)23(36)20(15-32)42-30/h11,13,18-21,23-30,32-34,36-40H,3-10,12,14-17H2,1-2H3,(H,31,35)/b13-11+. The zero-order chi connectivity index (χ0) is 32.6. The molecule has 0 aromatic heterocycles. The first-order valence-electron chi connectivity index (χ1n) is 15.9. The summed E-state index contributed by atoms with van der Waals surface area (Å²) in [6.07, 6.45) is -4.57. The van der Waals surface area contributed by atoms with Crippen LogP contribution in [0, 0.1) is 0 Å². The van der Waals surface area contributed by atoms with Crippen LogP contribution in [0.3, 0.4) is 0 Å². The van der Waals surface area contributed by atoms with E-state index in [0.29, 0.717) is 6.42 Å². The Hall–Kier alpha value is -1.27. The molecule has 2 aliphatic rings. The summed E-state index contributed by atoms with van der Waals surface area (Å²) in [6.45, 7) is 2.48. The van der Waals surface area contributed by atoms with Crippen molar-refractivity contribution in [3.63, 3.8) is 0 Å². The zero-order valence-electron chi connectivity index (χ0n) is 25.9. The zero-order valence-corrected chi connectivity index (χ0v) is 25.9. The highest BCUT2D eigenvalue weighted by Crippen LogP contribution is 2.29. The van der Waals surface area contributed by atoms with Crippen molar-refractivity contribution >= 4 is 5.91 Å². The van der Waals surface area contributed by atoms with Crippen LogP contribution in [-0.4, -0.2) is 140 Å². The van der Waals surface area contributed by atoms with E-state index in [0.717, 1.165) is 51.4 Å². The van der Waals surface area contributed by atoms with Gasteiger partial charge in [-0.2, -0.15) is 0 Å². The van der Waals surface area contributed by atoms with E-state index in [1.807, 2.05) is 6.08 Å². The number of hydrogen-bond donors (Lipinski definition) is 9. The van der Waals surface area contributed by atoms with Crippen LogP contribution in [0.2, 0.25) is 0 Å². The molecule has 14 nitrogen and oxygen atoms in total. The van der Waals surface area contributed by atoms with Gasteiger partial charge >= 0.3 is 0 Å². The second kappa shape index (κ2) is 20.8. The number of rotatable bonds is 20. The van der Waals surface area contributed by atoms with Crippen molar-refractivity contribution in [3.05, 3.63) is 12.2 Å². The number of nitrogens with one attached hydrogen (secondary N) is 1. The van der Waals surface area contributed by atoms with Crippen LogP contribution in [0.1, 0.15) is 78.1 Å². The largest absolute Gasteiger partial charge is 0.394 e. The van der Waals surface area contributed by atoms with Gasteiger partial charge in [0.2, 0.25) is 5.91 Å². The van der Waals surface area contributed by atoms with Crippen LogP contribution in [0.25, 0.3) is 0 Å². The average Bonchev–Trinajstić information content (AvgIpc) is 3.01. The summed E-state index contributed by atoms with van der Waals surface area (Å²) in [4.78, 5) is 12.7. The van der Waals surface area contributed by atoms with Gasteiger partial charge in [-0.25, -0.2) is 0 Å². The molecule has 0 aromatic rings. The summed E-state index contributed by atoms with van der Waals surface area (Å²) in [5.74, 6) is -0.264. The van der Waals surface area contributed by atoms with Gasteiger partial charge in [-0.1, -0.05) is 64.5 Å². The Kier molecular flexibility index (Phi) is 18.4. The normalized spacial score (nSPS) is 34.2. The van der Waals surface area contributed by atoms with Crippen LogP contribution < -0.4 is 5.32 Å². The van der Waals surface area contributed by atoms with Gasteiger partial charge in [0.25, 0.3) is 0 Å². The number of aliphatic hydroxyl groups is 8. The Morgan fingerprint density at radius 1 is 0.795 bits per heavy atom. The molecule has 12 atom stereocenters. The van der Waals surface area contributed by atoms with Crippen LogP contribution in [0.4, 0.5) is 0 Å². The molecule has 1 amide bonds. The number of amides is 1. The SMILES string of the molecule is CCCCC/C=C/C(O)C(COC1OC(CO)C(OC2OC(CO)C(O)C(O)C2O)C(O)C1O)NC(=O)CCCCCCC. The van der Waals surface area contributed by atoms with Gasteiger partial charge in [0, 0.05) is 6.42 Å². The molecule has 2 rings (SSSR count). The lowest BCUT2D eigenvalue weighted by Gasteiger charge is -2.46. The fourth-order valence-electron chi connectivity index (χ4n) is 5.17. The van der Waals surface area contributed by atoms with E-state index < -0.39 is 86.8 Å². The predicted molar refractivity (Wildman–Crippen MR) is 157 cm³/mol. The number of allylic oxidation sites excluding steroid dienone is 1. The van der Waals surface area contributed by atoms with Crippen molar-refractivity contribution in [2.24, 2.45) is 0 Å². The average molecular weight is 638 g/mol. The Balaban J connectivity index is 2.05. The Bertz CT molecular complexity index is 816. The molecule has 2 aliphatic heterocycles. The van der Waals surface area contributed by atoms with Gasteiger partial charge in [-0.05, 0) is 19.3 Å². The highest BCUT2D eigenvalue weighted by Gasteiger charge is 2.50. The van der Waals surface area contributed by atoms with E-state index in [1.165, 1.54) is 0 Å². The summed E-state index contributed by atoms with van der Waals surface area (Å²) >= 11 is 0. The molecule has 2 fully saturated rings. The molecule has 14 heteroatoms. The van der Waals surface area contributed by atoms with Crippen LogP contribution in [-0.2, 0) is 23.7 Å². The lowest BCUT2D eigenvalue weighted by atomic mass is 9.97. The van der Waals surface area contributed by atoms with Crippen molar-refractivity contribution in [1.29, 1.82) is 0 Å². The first kappa shape index (κ1) is 38.9. The van der Waals surface area contributed by atoms with E-state index in [1.54, 1.807) is 6.08 Å². The Labute approximate surface area is 259 Å². The molecular formula is C30H55NO13. The second-order valence-electron chi connectivity index (χ2n) is 11.6. The topological polar surface area (TPSA) is 228 Å². The van der Waals surface area contributed by atoms with Gasteiger partial charge in [0.1, 0.15) is 48.8 Å². The fraction of sp³-hybridized carbons (Fsp3) is 0.900. The van der Waals surface area contributed by atoms with E-state index in [9.17, 15) is 45.6 Å². The quantitative estimate of drug-likeness (QED) is 0.0575. The third-order valence-corrected chi connectivity index (χ3v) is 7.97. The minimum atomic E-state index is -1.78. The maximum atomic E-state index is 12.7. The van der Waals surface area contributed by atoms with E-state index in [4.69, 9.17) is 18.9 Å². The molecule has 0 spiro atoms. The summed E-state index contributed by atoms with van der Waals surface area (Å²) in [6, 6.07) is -0.899. The van der Waals surface area contributed by atoms with Crippen molar-refractivity contribution in [2.45, 2.75) is 152 Å². The number of carbonyl (C=O) groups is 1. The third-order valence-electron chi connectivity index (χ3n) is 7.97. The molecule has 12 unspecified atom stereocenters.